The molecule has 0 bridgehead atoms. The minimum absolute atomic E-state index is 0.428. The van der Waals surface area contributed by atoms with Crippen molar-refractivity contribution in [3.8, 4) is 0 Å². The van der Waals surface area contributed by atoms with Crippen molar-refractivity contribution in [3.05, 3.63) is 52.8 Å². The SMILES string of the molecule is CNC(Cc1ccc(C)c(C)c1)Cc1ccn(C)n1. The molecule has 3 heteroatoms. The van der Waals surface area contributed by atoms with Crippen molar-refractivity contribution >= 4 is 0 Å². The van der Waals surface area contributed by atoms with Gasteiger partial charge < -0.3 is 5.32 Å². The molecule has 1 heterocycles. The van der Waals surface area contributed by atoms with Crippen LogP contribution in [0.1, 0.15) is 22.4 Å². The van der Waals surface area contributed by atoms with Crippen molar-refractivity contribution in [2.24, 2.45) is 7.05 Å². The molecule has 102 valence electrons. The van der Waals surface area contributed by atoms with Crippen LogP contribution in [0.2, 0.25) is 0 Å². The number of likely N-dealkylation sites (N-methyl/N-ethyl adjacent to an activating group) is 1. The molecule has 0 aliphatic carbocycles. The highest BCUT2D eigenvalue weighted by Crippen LogP contribution is 2.13. The molecule has 1 unspecified atom stereocenters. The van der Waals surface area contributed by atoms with Crippen LogP contribution in [0.25, 0.3) is 0 Å². The third kappa shape index (κ3) is 3.67. The van der Waals surface area contributed by atoms with E-state index in [0.717, 1.165) is 18.5 Å². The summed E-state index contributed by atoms with van der Waals surface area (Å²) >= 11 is 0. The zero-order valence-corrected chi connectivity index (χ0v) is 12.3. The molecule has 1 atom stereocenters. The molecule has 1 N–H and O–H groups in total. The van der Waals surface area contributed by atoms with Gasteiger partial charge in [0.05, 0.1) is 5.69 Å². The van der Waals surface area contributed by atoms with Crippen molar-refractivity contribution in [2.45, 2.75) is 32.7 Å². The summed E-state index contributed by atoms with van der Waals surface area (Å²) in [6, 6.07) is 9.24. The Morgan fingerprint density at radius 3 is 2.53 bits per heavy atom. The monoisotopic (exact) mass is 257 g/mol. The minimum atomic E-state index is 0.428. The Bertz CT molecular complexity index is 543. The van der Waals surface area contributed by atoms with Crippen LogP contribution in [0.4, 0.5) is 0 Å². The number of nitrogens with zero attached hydrogens (tertiary/aromatic N) is 2. The van der Waals surface area contributed by atoms with E-state index in [1.54, 1.807) is 0 Å². The van der Waals surface area contributed by atoms with Gasteiger partial charge in [0.1, 0.15) is 0 Å². The smallest absolute Gasteiger partial charge is 0.0640 e. The van der Waals surface area contributed by atoms with Gasteiger partial charge in [0, 0.05) is 25.7 Å². The Morgan fingerprint density at radius 1 is 1.16 bits per heavy atom. The first-order valence-corrected chi connectivity index (χ1v) is 6.80. The third-order valence-corrected chi connectivity index (χ3v) is 3.69. The van der Waals surface area contributed by atoms with Crippen LogP contribution in [0, 0.1) is 13.8 Å². The molecule has 0 aliphatic heterocycles. The van der Waals surface area contributed by atoms with Gasteiger partial charge in [-0.1, -0.05) is 18.2 Å². The third-order valence-electron chi connectivity index (χ3n) is 3.69. The summed E-state index contributed by atoms with van der Waals surface area (Å²) in [4.78, 5) is 0. The van der Waals surface area contributed by atoms with Crippen molar-refractivity contribution in [1.82, 2.24) is 15.1 Å². The fourth-order valence-electron chi connectivity index (χ4n) is 2.32. The van der Waals surface area contributed by atoms with Crippen molar-refractivity contribution in [3.63, 3.8) is 0 Å². The zero-order chi connectivity index (χ0) is 13.8. The number of aromatic nitrogens is 2. The lowest BCUT2D eigenvalue weighted by Crippen LogP contribution is -2.30. The Morgan fingerprint density at radius 2 is 1.95 bits per heavy atom. The van der Waals surface area contributed by atoms with Crippen LogP contribution in [-0.4, -0.2) is 22.9 Å². The highest BCUT2D eigenvalue weighted by atomic mass is 15.2. The molecule has 0 saturated carbocycles. The van der Waals surface area contributed by atoms with E-state index >= 15 is 0 Å². The number of benzene rings is 1. The number of hydrogen-bond donors (Lipinski definition) is 1. The van der Waals surface area contributed by atoms with Crippen LogP contribution < -0.4 is 5.32 Å². The van der Waals surface area contributed by atoms with E-state index in [4.69, 9.17) is 0 Å². The molecular weight excluding hydrogens is 234 g/mol. The maximum Gasteiger partial charge on any atom is 0.0640 e. The summed E-state index contributed by atoms with van der Waals surface area (Å²) in [6.07, 6.45) is 4.00. The highest BCUT2D eigenvalue weighted by molar-refractivity contribution is 5.30. The zero-order valence-electron chi connectivity index (χ0n) is 12.3. The molecule has 0 spiro atoms. The molecule has 0 radical (unpaired) electrons. The molecule has 0 fully saturated rings. The Balaban J connectivity index is 2.04. The first-order chi connectivity index (χ1) is 9.08. The summed E-state index contributed by atoms with van der Waals surface area (Å²) in [5.41, 5.74) is 5.25. The summed E-state index contributed by atoms with van der Waals surface area (Å²) in [5, 5.41) is 7.84. The van der Waals surface area contributed by atoms with Crippen LogP contribution >= 0.6 is 0 Å². The molecule has 0 aliphatic rings. The van der Waals surface area contributed by atoms with Crippen LogP contribution in [0.3, 0.4) is 0 Å². The van der Waals surface area contributed by atoms with E-state index in [2.05, 4.69) is 48.5 Å². The Labute approximate surface area is 115 Å². The van der Waals surface area contributed by atoms with Gasteiger partial charge in [0.25, 0.3) is 0 Å². The predicted octanol–water partition coefficient (Wildman–Crippen LogP) is 2.41. The van der Waals surface area contributed by atoms with Gasteiger partial charge in [-0.25, -0.2) is 0 Å². The molecule has 0 amide bonds. The quantitative estimate of drug-likeness (QED) is 0.891. The van der Waals surface area contributed by atoms with E-state index in [1.165, 1.54) is 16.7 Å². The lowest BCUT2D eigenvalue weighted by Gasteiger charge is -2.16. The second-order valence-electron chi connectivity index (χ2n) is 5.29. The van der Waals surface area contributed by atoms with Crippen LogP contribution in [0.15, 0.2) is 30.5 Å². The molecule has 1 aromatic carbocycles. The minimum Gasteiger partial charge on any atom is -0.316 e. The lowest BCUT2D eigenvalue weighted by molar-refractivity contribution is 0.545. The van der Waals surface area contributed by atoms with Gasteiger partial charge in [0.2, 0.25) is 0 Å². The summed E-state index contributed by atoms with van der Waals surface area (Å²) in [7, 11) is 3.98. The van der Waals surface area contributed by atoms with E-state index < -0.39 is 0 Å². The largest absolute Gasteiger partial charge is 0.316 e. The molecule has 1 aromatic heterocycles. The topological polar surface area (TPSA) is 29.9 Å². The van der Waals surface area contributed by atoms with Gasteiger partial charge in [-0.3, -0.25) is 4.68 Å². The van der Waals surface area contributed by atoms with Gasteiger partial charge in [-0.05, 0) is 50.1 Å². The molecule has 2 aromatic rings. The van der Waals surface area contributed by atoms with Gasteiger partial charge in [0.15, 0.2) is 0 Å². The van der Waals surface area contributed by atoms with Crippen molar-refractivity contribution in [1.29, 1.82) is 0 Å². The average molecular weight is 257 g/mol. The second-order valence-corrected chi connectivity index (χ2v) is 5.29. The summed E-state index contributed by atoms with van der Waals surface area (Å²) < 4.78 is 1.86. The Hall–Kier alpha value is -1.61. The van der Waals surface area contributed by atoms with Crippen LogP contribution in [0.5, 0.6) is 0 Å². The van der Waals surface area contributed by atoms with E-state index in [1.807, 2.05) is 25.0 Å². The molecule has 0 saturated heterocycles. The van der Waals surface area contributed by atoms with Crippen molar-refractivity contribution < 1.29 is 0 Å². The normalized spacial score (nSPS) is 12.6. The van der Waals surface area contributed by atoms with Crippen molar-refractivity contribution in [2.75, 3.05) is 7.05 Å². The Kier molecular flexibility index (Phi) is 4.38. The summed E-state index contributed by atoms with van der Waals surface area (Å²) in [5.74, 6) is 0. The van der Waals surface area contributed by atoms with E-state index in [-0.39, 0.29) is 0 Å². The fourth-order valence-corrected chi connectivity index (χ4v) is 2.32. The molecule has 19 heavy (non-hydrogen) atoms. The molecule has 3 nitrogen and oxygen atoms in total. The average Bonchev–Trinajstić information content (AvgIpc) is 2.78. The number of aryl methyl sites for hydroxylation is 3. The maximum atomic E-state index is 4.45. The summed E-state index contributed by atoms with van der Waals surface area (Å²) in [6.45, 7) is 4.33. The van der Waals surface area contributed by atoms with E-state index in [0.29, 0.717) is 6.04 Å². The highest BCUT2D eigenvalue weighted by Gasteiger charge is 2.10. The first kappa shape index (κ1) is 13.8. The number of rotatable bonds is 5. The molecular formula is C16H23N3. The number of hydrogen-bond acceptors (Lipinski definition) is 2. The first-order valence-electron chi connectivity index (χ1n) is 6.80. The fraction of sp³-hybridized carbons (Fsp3) is 0.438. The van der Waals surface area contributed by atoms with Crippen LogP contribution in [-0.2, 0) is 19.9 Å². The maximum absolute atomic E-state index is 4.45. The lowest BCUT2D eigenvalue weighted by atomic mass is 9.98. The predicted molar refractivity (Wildman–Crippen MR) is 79.4 cm³/mol. The van der Waals surface area contributed by atoms with E-state index in [9.17, 15) is 0 Å². The van der Waals surface area contributed by atoms with Gasteiger partial charge in [-0.15, -0.1) is 0 Å². The number of nitrogens with one attached hydrogen (secondary N) is 1. The van der Waals surface area contributed by atoms with Gasteiger partial charge in [-0.2, -0.15) is 5.10 Å². The second kappa shape index (κ2) is 6.02. The molecule has 2 rings (SSSR count). The van der Waals surface area contributed by atoms with Gasteiger partial charge >= 0.3 is 0 Å². The standard InChI is InChI=1S/C16H23N3/c1-12-5-6-14(9-13(12)2)10-16(17-3)11-15-7-8-19(4)18-15/h5-9,16-17H,10-11H2,1-4H3.